The smallest absolute Gasteiger partial charge is 0.318 e. The lowest BCUT2D eigenvalue weighted by Gasteiger charge is -2.18. The molecule has 0 aromatic heterocycles. The average molecular weight is 330 g/mol. The van der Waals surface area contributed by atoms with E-state index in [0.29, 0.717) is 5.75 Å². The number of ether oxygens (including phenoxy) is 1. The topological polar surface area (TPSA) is 107 Å². The Bertz CT molecular complexity index is 505. The molecule has 0 spiro atoms. The van der Waals surface area contributed by atoms with Crippen LogP contribution in [0.5, 0.6) is 5.75 Å². The molecule has 0 aliphatic rings. The SMILES string of the molecule is Cc1cc(Br)cc(CN)c1OC(C)C(=O)NC(N)=O. The van der Waals surface area contributed by atoms with Crippen molar-refractivity contribution < 1.29 is 14.3 Å². The minimum absolute atomic E-state index is 0.278. The Hall–Kier alpha value is -1.60. The van der Waals surface area contributed by atoms with E-state index in [2.05, 4.69) is 15.9 Å². The van der Waals surface area contributed by atoms with E-state index in [1.807, 2.05) is 24.4 Å². The molecule has 7 heteroatoms. The Kier molecular flexibility index (Phi) is 5.31. The van der Waals surface area contributed by atoms with Crippen LogP contribution in [0.4, 0.5) is 4.79 Å². The van der Waals surface area contributed by atoms with Gasteiger partial charge in [0.25, 0.3) is 5.91 Å². The number of carbonyl (C=O) groups excluding carboxylic acids is 2. The fraction of sp³-hybridized carbons (Fsp3) is 0.333. The number of imide groups is 1. The van der Waals surface area contributed by atoms with Crippen molar-refractivity contribution in [3.05, 3.63) is 27.7 Å². The molecule has 5 N–H and O–H groups in total. The number of nitrogens with one attached hydrogen (secondary N) is 1. The Morgan fingerprint density at radius 3 is 2.63 bits per heavy atom. The number of aryl methyl sites for hydroxylation is 1. The van der Waals surface area contributed by atoms with Gasteiger partial charge in [-0.25, -0.2) is 4.79 Å². The van der Waals surface area contributed by atoms with Gasteiger partial charge in [-0.1, -0.05) is 15.9 Å². The quantitative estimate of drug-likeness (QED) is 0.770. The normalized spacial score (nSPS) is 11.8. The summed E-state index contributed by atoms with van der Waals surface area (Å²) in [5.41, 5.74) is 12.1. The summed E-state index contributed by atoms with van der Waals surface area (Å²) in [5, 5.41) is 1.97. The molecule has 0 fully saturated rings. The molecular formula is C12H16BrN3O3. The van der Waals surface area contributed by atoms with E-state index >= 15 is 0 Å². The number of hydrogen-bond donors (Lipinski definition) is 3. The Balaban J connectivity index is 2.93. The first kappa shape index (κ1) is 15.5. The number of nitrogens with two attached hydrogens (primary N) is 2. The van der Waals surface area contributed by atoms with Crippen LogP contribution in [0.2, 0.25) is 0 Å². The van der Waals surface area contributed by atoms with Crippen LogP contribution in [-0.4, -0.2) is 18.0 Å². The maximum Gasteiger partial charge on any atom is 0.318 e. The van der Waals surface area contributed by atoms with Crippen LogP contribution in [0.3, 0.4) is 0 Å². The molecule has 19 heavy (non-hydrogen) atoms. The van der Waals surface area contributed by atoms with Crippen LogP contribution in [0.1, 0.15) is 18.1 Å². The van der Waals surface area contributed by atoms with Gasteiger partial charge in [0.1, 0.15) is 5.75 Å². The van der Waals surface area contributed by atoms with Crippen LogP contribution < -0.4 is 21.5 Å². The fourth-order valence-electron chi connectivity index (χ4n) is 1.57. The Labute approximate surface area is 119 Å². The molecule has 1 aromatic carbocycles. The van der Waals surface area contributed by atoms with E-state index in [1.54, 1.807) is 0 Å². The van der Waals surface area contributed by atoms with Crippen molar-refractivity contribution in [1.29, 1.82) is 0 Å². The average Bonchev–Trinajstić information content (AvgIpc) is 2.30. The molecule has 0 saturated carbocycles. The van der Waals surface area contributed by atoms with E-state index < -0.39 is 18.0 Å². The van der Waals surface area contributed by atoms with Crippen molar-refractivity contribution in [2.45, 2.75) is 26.5 Å². The van der Waals surface area contributed by atoms with Crippen molar-refractivity contribution in [1.82, 2.24) is 5.32 Å². The number of carbonyl (C=O) groups is 2. The lowest BCUT2D eigenvalue weighted by atomic mass is 10.1. The third-order valence-corrected chi connectivity index (χ3v) is 2.90. The molecule has 1 atom stereocenters. The molecule has 0 aliphatic carbocycles. The lowest BCUT2D eigenvalue weighted by molar-refractivity contribution is -0.126. The van der Waals surface area contributed by atoms with Crippen molar-refractivity contribution in [2.24, 2.45) is 11.5 Å². The second kappa shape index (κ2) is 6.53. The number of amides is 3. The van der Waals surface area contributed by atoms with Crippen LogP contribution in [0, 0.1) is 6.92 Å². The van der Waals surface area contributed by atoms with E-state index in [1.165, 1.54) is 6.92 Å². The molecule has 0 radical (unpaired) electrons. The fourth-order valence-corrected chi connectivity index (χ4v) is 2.19. The molecule has 0 saturated heterocycles. The van der Waals surface area contributed by atoms with Crippen molar-refractivity contribution >= 4 is 27.9 Å². The van der Waals surface area contributed by atoms with Gasteiger partial charge in [0.15, 0.2) is 6.10 Å². The minimum Gasteiger partial charge on any atom is -0.480 e. The molecular weight excluding hydrogens is 314 g/mol. The van der Waals surface area contributed by atoms with Crippen LogP contribution in [-0.2, 0) is 11.3 Å². The zero-order chi connectivity index (χ0) is 14.6. The first-order chi connectivity index (χ1) is 8.85. The molecule has 3 amide bonds. The van der Waals surface area contributed by atoms with E-state index in [0.717, 1.165) is 15.6 Å². The molecule has 104 valence electrons. The monoisotopic (exact) mass is 329 g/mol. The van der Waals surface area contributed by atoms with E-state index in [4.69, 9.17) is 16.2 Å². The second-order valence-electron chi connectivity index (χ2n) is 4.03. The number of rotatable bonds is 4. The summed E-state index contributed by atoms with van der Waals surface area (Å²) in [5.74, 6) is -0.0596. The molecule has 6 nitrogen and oxygen atoms in total. The highest BCUT2D eigenvalue weighted by atomic mass is 79.9. The molecule has 1 unspecified atom stereocenters. The van der Waals surface area contributed by atoms with Crippen molar-refractivity contribution in [3.8, 4) is 5.75 Å². The standard InChI is InChI=1S/C12H16BrN3O3/c1-6-3-9(13)4-8(5-14)10(6)19-7(2)11(17)16-12(15)18/h3-4,7H,5,14H2,1-2H3,(H3,15,16,17,18). The van der Waals surface area contributed by atoms with Crippen LogP contribution >= 0.6 is 15.9 Å². The van der Waals surface area contributed by atoms with Gasteiger partial charge < -0.3 is 16.2 Å². The van der Waals surface area contributed by atoms with Crippen LogP contribution in [0.15, 0.2) is 16.6 Å². The third-order valence-electron chi connectivity index (χ3n) is 2.45. The first-order valence-electron chi connectivity index (χ1n) is 5.61. The molecule has 0 aliphatic heterocycles. The number of halogens is 1. The predicted octanol–water partition coefficient (Wildman–Crippen LogP) is 1.18. The van der Waals surface area contributed by atoms with Gasteiger partial charge in [0.2, 0.25) is 0 Å². The number of benzene rings is 1. The molecule has 1 aromatic rings. The predicted molar refractivity (Wildman–Crippen MR) is 74.6 cm³/mol. The van der Waals surface area contributed by atoms with Crippen molar-refractivity contribution in [2.75, 3.05) is 0 Å². The zero-order valence-electron chi connectivity index (χ0n) is 10.7. The maximum absolute atomic E-state index is 11.6. The first-order valence-corrected chi connectivity index (χ1v) is 6.40. The summed E-state index contributed by atoms with van der Waals surface area (Å²) >= 11 is 3.36. The Morgan fingerprint density at radius 2 is 2.11 bits per heavy atom. The summed E-state index contributed by atoms with van der Waals surface area (Å²) in [6.07, 6.45) is -0.849. The van der Waals surface area contributed by atoms with Crippen molar-refractivity contribution in [3.63, 3.8) is 0 Å². The van der Waals surface area contributed by atoms with Gasteiger partial charge in [0, 0.05) is 16.6 Å². The van der Waals surface area contributed by atoms with Gasteiger partial charge in [-0.15, -0.1) is 0 Å². The van der Waals surface area contributed by atoms with Gasteiger partial charge in [-0.3, -0.25) is 10.1 Å². The highest BCUT2D eigenvalue weighted by Gasteiger charge is 2.19. The van der Waals surface area contributed by atoms with Gasteiger partial charge in [0.05, 0.1) is 0 Å². The zero-order valence-corrected chi connectivity index (χ0v) is 12.3. The number of hydrogen-bond acceptors (Lipinski definition) is 4. The summed E-state index contributed by atoms with van der Waals surface area (Å²) in [4.78, 5) is 22.2. The highest BCUT2D eigenvalue weighted by Crippen LogP contribution is 2.28. The summed E-state index contributed by atoms with van der Waals surface area (Å²) in [7, 11) is 0. The lowest BCUT2D eigenvalue weighted by Crippen LogP contribution is -2.42. The third kappa shape index (κ3) is 4.22. The summed E-state index contributed by atoms with van der Waals surface area (Å²) in [6, 6.07) is 2.76. The van der Waals surface area contributed by atoms with E-state index in [9.17, 15) is 9.59 Å². The maximum atomic E-state index is 11.6. The molecule has 0 heterocycles. The Morgan fingerprint density at radius 1 is 1.47 bits per heavy atom. The second-order valence-corrected chi connectivity index (χ2v) is 4.94. The summed E-state index contributed by atoms with van der Waals surface area (Å²) < 4.78 is 6.45. The number of urea groups is 1. The molecule has 1 rings (SSSR count). The summed E-state index contributed by atoms with van der Waals surface area (Å²) in [6.45, 7) is 3.65. The van der Waals surface area contributed by atoms with E-state index in [-0.39, 0.29) is 6.54 Å². The van der Waals surface area contributed by atoms with Gasteiger partial charge >= 0.3 is 6.03 Å². The minimum atomic E-state index is -0.910. The largest absolute Gasteiger partial charge is 0.480 e. The number of primary amides is 1. The van der Waals surface area contributed by atoms with Gasteiger partial charge in [-0.05, 0) is 31.5 Å². The van der Waals surface area contributed by atoms with Gasteiger partial charge in [-0.2, -0.15) is 0 Å². The molecule has 0 bridgehead atoms. The van der Waals surface area contributed by atoms with Crippen LogP contribution in [0.25, 0.3) is 0 Å². The highest BCUT2D eigenvalue weighted by molar-refractivity contribution is 9.10.